The van der Waals surface area contributed by atoms with E-state index in [1.165, 1.54) is 11.1 Å². The van der Waals surface area contributed by atoms with Crippen LogP contribution in [0.25, 0.3) is 0 Å². The lowest BCUT2D eigenvalue weighted by molar-refractivity contribution is -0.137. The van der Waals surface area contributed by atoms with Gasteiger partial charge in [0.25, 0.3) is 0 Å². The monoisotopic (exact) mass is 323 g/mol. The van der Waals surface area contributed by atoms with E-state index >= 15 is 0 Å². The number of carboxylic acids is 1. The van der Waals surface area contributed by atoms with E-state index in [9.17, 15) is 9.90 Å². The summed E-state index contributed by atoms with van der Waals surface area (Å²) in [6, 6.07) is 16.3. The largest absolute Gasteiger partial charge is 0.480 e. The Hall–Kier alpha value is -2.53. The Kier molecular flexibility index (Phi) is 3.86. The minimum absolute atomic E-state index is 0.232. The average molecular weight is 323 g/mol. The number of rotatable bonds is 3. The number of anilines is 2. The molecule has 124 valence electrons. The van der Waals surface area contributed by atoms with Crippen molar-refractivity contribution in [1.82, 2.24) is 5.32 Å². The van der Waals surface area contributed by atoms with Crippen LogP contribution in [0.5, 0.6) is 0 Å². The fraction of sp³-hybridized carbons (Fsp3) is 0.316. The van der Waals surface area contributed by atoms with Crippen molar-refractivity contribution in [3.05, 3.63) is 59.7 Å². The van der Waals surface area contributed by atoms with E-state index < -0.39 is 12.0 Å². The highest BCUT2D eigenvalue weighted by Gasteiger charge is 2.33. The van der Waals surface area contributed by atoms with Gasteiger partial charge in [0.05, 0.1) is 11.4 Å². The van der Waals surface area contributed by atoms with E-state index in [1.54, 1.807) is 0 Å². The van der Waals surface area contributed by atoms with Crippen molar-refractivity contribution in [2.45, 2.75) is 18.5 Å². The molecule has 2 aromatic carbocycles. The Morgan fingerprint density at radius 3 is 2.79 bits per heavy atom. The predicted molar refractivity (Wildman–Crippen MR) is 94.6 cm³/mol. The molecule has 2 atom stereocenters. The fourth-order valence-electron chi connectivity index (χ4n) is 3.72. The number of aliphatic carboxylic acids is 1. The zero-order valence-corrected chi connectivity index (χ0v) is 13.4. The number of carbonyl (C=O) groups is 1. The van der Waals surface area contributed by atoms with Crippen LogP contribution in [0.15, 0.2) is 48.5 Å². The SMILES string of the molecule is O=C(O)C1CN2CCNC(Cc3ccccc3)c3cccc(c32)N1. The highest BCUT2D eigenvalue weighted by atomic mass is 16.4. The molecule has 0 bridgehead atoms. The van der Waals surface area contributed by atoms with E-state index in [-0.39, 0.29) is 6.04 Å². The van der Waals surface area contributed by atoms with Crippen molar-refractivity contribution in [1.29, 1.82) is 0 Å². The third kappa shape index (κ3) is 2.71. The summed E-state index contributed by atoms with van der Waals surface area (Å²) in [7, 11) is 0. The van der Waals surface area contributed by atoms with Crippen LogP contribution < -0.4 is 15.5 Å². The van der Waals surface area contributed by atoms with Crippen LogP contribution in [0.3, 0.4) is 0 Å². The molecule has 0 radical (unpaired) electrons. The lowest BCUT2D eigenvalue weighted by atomic mass is 9.95. The van der Waals surface area contributed by atoms with Crippen molar-refractivity contribution in [2.75, 3.05) is 29.9 Å². The second-order valence-corrected chi connectivity index (χ2v) is 6.42. The van der Waals surface area contributed by atoms with Gasteiger partial charge < -0.3 is 20.6 Å². The molecule has 0 aromatic heterocycles. The first-order chi connectivity index (χ1) is 11.7. The molecule has 2 aromatic rings. The molecular weight excluding hydrogens is 302 g/mol. The first-order valence-electron chi connectivity index (χ1n) is 8.37. The van der Waals surface area contributed by atoms with Gasteiger partial charge in [0, 0.05) is 25.7 Å². The van der Waals surface area contributed by atoms with Gasteiger partial charge in [-0.15, -0.1) is 0 Å². The number of hydrogen-bond acceptors (Lipinski definition) is 4. The first-order valence-corrected chi connectivity index (χ1v) is 8.37. The van der Waals surface area contributed by atoms with Crippen LogP contribution in [0.2, 0.25) is 0 Å². The van der Waals surface area contributed by atoms with E-state index in [0.29, 0.717) is 6.54 Å². The summed E-state index contributed by atoms with van der Waals surface area (Å²) in [5.74, 6) is -0.802. The van der Waals surface area contributed by atoms with Crippen molar-refractivity contribution in [2.24, 2.45) is 0 Å². The molecule has 5 heteroatoms. The lowest BCUT2D eigenvalue weighted by Crippen LogP contribution is -2.47. The molecule has 0 fully saturated rings. The van der Waals surface area contributed by atoms with E-state index in [2.05, 4.69) is 45.9 Å². The molecular formula is C19H21N3O2. The number of benzene rings is 2. The Morgan fingerprint density at radius 1 is 1.17 bits per heavy atom. The molecule has 0 saturated carbocycles. The van der Waals surface area contributed by atoms with E-state index in [4.69, 9.17) is 0 Å². The van der Waals surface area contributed by atoms with Gasteiger partial charge >= 0.3 is 5.97 Å². The topological polar surface area (TPSA) is 64.6 Å². The summed E-state index contributed by atoms with van der Waals surface area (Å²) in [5.41, 5.74) is 4.62. The quantitative estimate of drug-likeness (QED) is 0.809. The van der Waals surface area contributed by atoms with Crippen LogP contribution in [0.4, 0.5) is 11.4 Å². The van der Waals surface area contributed by atoms with Crippen LogP contribution in [0.1, 0.15) is 17.2 Å². The molecule has 24 heavy (non-hydrogen) atoms. The molecule has 0 amide bonds. The molecule has 0 aliphatic carbocycles. The average Bonchev–Trinajstić information content (AvgIpc) is 2.77. The van der Waals surface area contributed by atoms with Crippen molar-refractivity contribution in [3.8, 4) is 0 Å². The van der Waals surface area contributed by atoms with Gasteiger partial charge in [-0.05, 0) is 23.6 Å². The van der Waals surface area contributed by atoms with Gasteiger partial charge in [-0.25, -0.2) is 4.79 Å². The summed E-state index contributed by atoms with van der Waals surface area (Å²) in [4.78, 5) is 13.6. The summed E-state index contributed by atoms with van der Waals surface area (Å²) in [6.07, 6.45) is 0.924. The second-order valence-electron chi connectivity index (χ2n) is 6.42. The summed E-state index contributed by atoms with van der Waals surface area (Å²) >= 11 is 0. The van der Waals surface area contributed by atoms with Gasteiger partial charge in [-0.1, -0.05) is 42.5 Å². The Morgan fingerprint density at radius 2 is 2.00 bits per heavy atom. The summed E-state index contributed by atoms with van der Waals surface area (Å²) < 4.78 is 0. The van der Waals surface area contributed by atoms with Gasteiger partial charge in [-0.2, -0.15) is 0 Å². The molecule has 2 heterocycles. The maximum absolute atomic E-state index is 11.4. The zero-order valence-electron chi connectivity index (χ0n) is 13.4. The molecule has 2 aliphatic heterocycles. The molecule has 3 N–H and O–H groups in total. The maximum Gasteiger partial charge on any atom is 0.327 e. The maximum atomic E-state index is 11.4. The minimum atomic E-state index is -0.802. The Balaban J connectivity index is 1.70. The normalized spacial score (nSPS) is 22.2. The van der Waals surface area contributed by atoms with Gasteiger partial charge in [-0.3, -0.25) is 0 Å². The van der Waals surface area contributed by atoms with Crippen LogP contribution in [-0.2, 0) is 11.2 Å². The molecule has 5 nitrogen and oxygen atoms in total. The molecule has 4 rings (SSSR count). The first kappa shape index (κ1) is 15.0. The van der Waals surface area contributed by atoms with E-state index in [0.717, 1.165) is 30.9 Å². The fourth-order valence-corrected chi connectivity index (χ4v) is 3.72. The number of hydrogen-bond donors (Lipinski definition) is 3. The highest BCUT2D eigenvalue weighted by molar-refractivity contribution is 5.86. The van der Waals surface area contributed by atoms with E-state index in [1.807, 2.05) is 18.2 Å². The van der Waals surface area contributed by atoms with Gasteiger partial charge in [0.1, 0.15) is 6.04 Å². The Bertz CT molecular complexity index is 748. The number of carboxylic acid groups (broad SMARTS) is 1. The summed E-state index contributed by atoms with van der Waals surface area (Å²) in [6.45, 7) is 2.16. The van der Waals surface area contributed by atoms with Gasteiger partial charge in [0.2, 0.25) is 0 Å². The van der Waals surface area contributed by atoms with Crippen LogP contribution >= 0.6 is 0 Å². The van der Waals surface area contributed by atoms with Crippen LogP contribution in [-0.4, -0.2) is 36.8 Å². The Labute approximate surface area is 141 Å². The number of nitrogens with zero attached hydrogens (tertiary/aromatic N) is 1. The molecule has 0 saturated heterocycles. The van der Waals surface area contributed by atoms with Crippen molar-refractivity contribution < 1.29 is 9.90 Å². The van der Waals surface area contributed by atoms with Crippen molar-refractivity contribution >= 4 is 17.3 Å². The lowest BCUT2D eigenvalue weighted by Gasteiger charge is -2.36. The third-order valence-electron chi connectivity index (χ3n) is 4.84. The standard InChI is InChI=1S/C19H21N3O2/c23-19(24)17-12-22-10-9-20-16(11-13-5-2-1-3-6-13)14-7-4-8-15(21-17)18(14)22/h1-8,16-17,20-21H,9-12H2,(H,23,24). The summed E-state index contributed by atoms with van der Waals surface area (Å²) in [5, 5.41) is 16.2. The third-order valence-corrected chi connectivity index (χ3v) is 4.84. The molecule has 2 aliphatic rings. The molecule has 0 spiro atoms. The highest BCUT2D eigenvalue weighted by Crippen LogP contribution is 2.39. The van der Waals surface area contributed by atoms with Crippen LogP contribution in [0, 0.1) is 0 Å². The zero-order chi connectivity index (χ0) is 16.5. The predicted octanol–water partition coefficient (Wildman–Crippen LogP) is 2.26. The molecule has 2 unspecified atom stereocenters. The van der Waals surface area contributed by atoms with Crippen molar-refractivity contribution in [3.63, 3.8) is 0 Å². The number of nitrogens with one attached hydrogen (secondary N) is 2. The number of para-hydroxylation sites is 1. The minimum Gasteiger partial charge on any atom is -0.480 e. The van der Waals surface area contributed by atoms with Gasteiger partial charge in [0.15, 0.2) is 0 Å². The second kappa shape index (κ2) is 6.17. The smallest absolute Gasteiger partial charge is 0.327 e.